The molecule has 8 atom stereocenters. The summed E-state index contributed by atoms with van der Waals surface area (Å²) in [6.07, 6.45) is 6.49. The van der Waals surface area contributed by atoms with Crippen LogP contribution in [0.1, 0.15) is 33.1 Å². The summed E-state index contributed by atoms with van der Waals surface area (Å²) < 4.78 is 5.46. The average Bonchev–Trinajstić information content (AvgIpc) is 3.24. The van der Waals surface area contributed by atoms with E-state index in [9.17, 15) is 14.4 Å². The first-order valence-corrected chi connectivity index (χ1v) is 8.97. The second kappa shape index (κ2) is 5.29. The van der Waals surface area contributed by atoms with Crippen LogP contribution in [0.15, 0.2) is 12.2 Å². The Morgan fingerprint density at radius 2 is 1.91 bits per heavy atom. The van der Waals surface area contributed by atoms with Gasteiger partial charge in [0.15, 0.2) is 0 Å². The maximum absolute atomic E-state index is 12.6. The van der Waals surface area contributed by atoms with Crippen molar-refractivity contribution in [1.82, 2.24) is 0 Å². The molecule has 4 aliphatic rings. The van der Waals surface area contributed by atoms with Gasteiger partial charge in [0.25, 0.3) is 0 Å². The molecule has 4 nitrogen and oxygen atoms in total. The van der Waals surface area contributed by atoms with Crippen LogP contribution in [0.25, 0.3) is 0 Å². The van der Waals surface area contributed by atoms with Gasteiger partial charge in [-0.3, -0.25) is 14.4 Å². The van der Waals surface area contributed by atoms with Gasteiger partial charge in [-0.1, -0.05) is 32.4 Å². The first-order valence-electron chi connectivity index (χ1n) is 8.97. The number of rotatable bonds is 5. The van der Waals surface area contributed by atoms with E-state index in [4.69, 9.17) is 4.74 Å². The Hall–Kier alpha value is -1.45. The molecule has 8 unspecified atom stereocenters. The molecule has 124 valence electrons. The van der Waals surface area contributed by atoms with Gasteiger partial charge in [0.05, 0.1) is 12.5 Å². The quantitative estimate of drug-likeness (QED) is 0.444. The number of fused-ring (bicyclic) bond motifs is 9. The van der Waals surface area contributed by atoms with Crippen LogP contribution >= 0.6 is 0 Å². The van der Waals surface area contributed by atoms with E-state index in [2.05, 4.69) is 13.8 Å². The zero-order valence-corrected chi connectivity index (χ0v) is 13.7. The first-order chi connectivity index (χ1) is 11.0. The third-order valence-electron chi connectivity index (χ3n) is 6.83. The lowest BCUT2D eigenvalue weighted by molar-refractivity contribution is -0.153. The van der Waals surface area contributed by atoms with Crippen LogP contribution in [0, 0.1) is 47.3 Å². The molecule has 4 aliphatic carbocycles. The van der Waals surface area contributed by atoms with E-state index in [0.717, 1.165) is 12.8 Å². The number of hydrogen-bond acceptors (Lipinski definition) is 4. The van der Waals surface area contributed by atoms with E-state index in [1.54, 1.807) is 0 Å². The molecule has 0 N–H and O–H groups in total. The van der Waals surface area contributed by atoms with Crippen molar-refractivity contribution < 1.29 is 19.1 Å². The van der Waals surface area contributed by atoms with E-state index in [1.807, 2.05) is 12.2 Å². The Morgan fingerprint density at radius 1 is 1.22 bits per heavy atom. The number of ketones is 2. The molecule has 4 heteroatoms. The number of carbonyl (C=O) groups is 3. The van der Waals surface area contributed by atoms with Crippen LogP contribution in [0.3, 0.4) is 0 Å². The summed E-state index contributed by atoms with van der Waals surface area (Å²) >= 11 is 0. The van der Waals surface area contributed by atoms with Crippen LogP contribution < -0.4 is 0 Å². The van der Waals surface area contributed by atoms with Crippen molar-refractivity contribution in [2.75, 3.05) is 6.61 Å². The molecule has 0 aliphatic heterocycles. The number of allylic oxidation sites excluding steroid dienone is 2. The SMILES string of the molecule is CCC(C)CCOC(=O)C1CC2C(=O)C1C1C3C=CC(C3=O)C21. The molecule has 0 heterocycles. The van der Waals surface area contributed by atoms with Gasteiger partial charge in [0.1, 0.15) is 11.6 Å². The lowest BCUT2D eigenvalue weighted by Crippen LogP contribution is -2.35. The van der Waals surface area contributed by atoms with Gasteiger partial charge < -0.3 is 4.74 Å². The van der Waals surface area contributed by atoms with Crippen LogP contribution in [-0.2, 0) is 19.1 Å². The van der Waals surface area contributed by atoms with Crippen LogP contribution in [0.2, 0.25) is 0 Å². The standard InChI is InChI=1S/C19H24O4/c1-3-9(2)6-7-23-19(22)13-8-12-14-10-4-5-11(17(10)20)15(14)16(13)18(12)21/h4-5,9-16H,3,6-8H2,1-2H3. The van der Waals surface area contributed by atoms with Crippen LogP contribution in [0.4, 0.5) is 0 Å². The third kappa shape index (κ3) is 1.99. The monoisotopic (exact) mass is 316 g/mol. The molecule has 4 rings (SSSR count). The molecule has 0 aromatic carbocycles. The Kier molecular flexibility index (Phi) is 3.47. The fourth-order valence-corrected chi connectivity index (χ4v) is 5.45. The molecule has 3 fully saturated rings. The van der Waals surface area contributed by atoms with Crippen LogP contribution in [-0.4, -0.2) is 24.1 Å². The Labute approximate surface area is 136 Å². The molecule has 4 bridgehead atoms. The molecular formula is C19H24O4. The molecular weight excluding hydrogens is 292 g/mol. The maximum Gasteiger partial charge on any atom is 0.309 e. The zero-order chi connectivity index (χ0) is 16.3. The topological polar surface area (TPSA) is 60.4 Å². The largest absolute Gasteiger partial charge is 0.465 e. The molecule has 0 amide bonds. The Bertz CT molecular complexity index is 592. The fourth-order valence-electron chi connectivity index (χ4n) is 5.45. The van der Waals surface area contributed by atoms with E-state index >= 15 is 0 Å². The highest BCUT2D eigenvalue weighted by atomic mass is 16.5. The maximum atomic E-state index is 12.6. The lowest BCUT2D eigenvalue weighted by atomic mass is 9.69. The third-order valence-corrected chi connectivity index (χ3v) is 6.83. The molecule has 0 aromatic heterocycles. The van der Waals surface area contributed by atoms with Gasteiger partial charge in [-0.2, -0.15) is 0 Å². The van der Waals surface area contributed by atoms with Gasteiger partial charge in [-0.25, -0.2) is 0 Å². The van der Waals surface area contributed by atoms with Gasteiger partial charge in [0.2, 0.25) is 0 Å². The number of ether oxygens (including phenoxy) is 1. The molecule has 0 radical (unpaired) electrons. The number of esters is 1. The number of Topliss-reactive ketones (excluding diaryl/α,β-unsaturated/α-hetero) is 2. The second-order valence-corrected chi connectivity index (χ2v) is 7.84. The second-order valence-electron chi connectivity index (χ2n) is 7.84. The van der Waals surface area contributed by atoms with Crippen molar-refractivity contribution in [1.29, 1.82) is 0 Å². The molecule has 0 aromatic rings. The van der Waals surface area contributed by atoms with Crippen LogP contribution in [0.5, 0.6) is 0 Å². The minimum absolute atomic E-state index is 0.0636. The predicted molar refractivity (Wildman–Crippen MR) is 83.2 cm³/mol. The first kappa shape index (κ1) is 15.1. The highest BCUT2D eigenvalue weighted by Gasteiger charge is 2.69. The molecule has 0 saturated heterocycles. The number of hydrogen-bond donors (Lipinski definition) is 0. The van der Waals surface area contributed by atoms with Crippen molar-refractivity contribution in [3.8, 4) is 0 Å². The van der Waals surface area contributed by atoms with Crippen molar-refractivity contribution in [2.45, 2.75) is 33.1 Å². The summed E-state index contributed by atoms with van der Waals surface area (Å²) in [5.41, 5.74) is 0. The van der Waals surface area contributed by atoms with Crippen molar-refractivity contribution in [3.63, 3.8) is 0 Å². The summed E-state index contributed by atoms with van der Waals surface area (Å²) in [4.78, 5) is 37.3. The summed E-state index contributed by atoms with van der Waals surface area (Å²) in [6, 6.07) is 0. The number of carbonyl (C=O) groups excluding carboxylic acids is 3. The Balaban J connectivity index is 1.45. The normalized spacial score (nSPS) is 44.0. The average molecular weight is 316 g/mol. The van der Waals surface area contributed by atoms with Gasteiger partial charge in [0, 0.05) is 23.7 Å². The summed E-state index contributed by atoms with van der Waals surface area (Å²) in [5.74, 6) is 0.176. The minimum Gasteiger partial charge on any atom is -0.465 e. The zero-order valence-electron chi connectivity index (χ0n) is 13.7. The molecule has 23 heavy (non-hydrogen) atoms. The fraction of sp³-hybridized carbons (Fsp3) is 0.737. The van der Waals surface area contributed by atoms with E-state index in [-0.39, 0.29) is 59.0 Å². The summed E-state index contributed by atoms with van der Waals surface area (Å²) in [5, 5.41) is 0. The van der Waals surface area contributed by atoms with E-state index in [1.165, 1.54) is 0 Å². The predicted octanol–water partition coefficient (Wildman–Crippen LogP) is 2.42. The van der Waals surface area contributed by atoms with Gasteiger partial charge in [-0.05, 0) is 30.6 Å². The highest BCUT2D eigenvalue weighted by molar-refractivity contribution is 6.01. The smallest absolute Gasteiger partial charge is 0.309 e. The van der Waals surface area contributed by atoms with E-state index < -0.39 is 0 Å². The van der Waals surface area contributed by atoms with E-state index in [0.29, 0.717) is 18.9 Å². The molecule has 0 spiro atoms. The molecule has 3 saturated carbocycles. The van der Waals surface area contributed by atoms with Gasteiger partial charge in [-0.15, -0.1) is 0 Å². The minimum atomic E-state index is -0.314. The highest BCUT2D eigenvalue weighted by Crippen LogP contribution is 2.64. The van der Waals surface area contributed by atoms with Crippen molar-refractivity contribution in [2.24, 2.45) is 47.3 Å². The van der Waals surface area contributed by atoms with Gasteiger partial charge >= 0.3 is 5.97 Å². The van der Waals surface area contributed by atoms with Crippen molar-refractivity contribution >= 4 is 17.5 Å². The summed E-state index contributed by atoms with van der Waals surface area (Å²) in [6.45, 7) is 4.71. The summed E-state index contributed by atoms with van der Waals surface area (Å²) in [7, 11) is 0. The Morgan fingerprint density at radius 3 is 2.61 bits per heavy atom. The van der Waals surface area contributed by atoms with Crippen molar-refractivity contribution in [3.05, 3.63) is 12.2 Å². The lowest BCUT2D eigenvalue weighted by Gasteiger charge is -2.33.